The molecule has 2 aromatic carbocycles. The molecule has 6 heteroatoms. The van der Waals surface area contributed by atoms with E-state index in [2.05, 4.69) is 5.32 Å². The van der Waals surface area contributed by atoms with E-state index in [1.54, 1.807) is 18.2 Å². The number of nitrogens with one attached hydrogen (secondary N) is 1. The Bertz CT molecular complexity index is 760. The first-order valence-electron chi connectivity index (χ1n) is 9.01. The zero-order chi connectivity index (χ0) is 19.6. The molecule has 0 saturated heterocycles. The van der Waals surface area contributed by atoms with Gasteiger partial charge in [-0.2, -0.15) is 0 Å². The van der Waals surface area contributed by atoms with Crippen molar-refractivity contribution in [1.82, 2.24) is 5.32 Å². The topological polar surface area (TPSA) is 84.9 Å². The summed E-state index contributed by atoms with van der Waals surface area (Å²) in [5.41, 5.74) is 1.81. The molecule has 0 aliphatic heterocycles. The van der Waals surface area contributed by atoms with Crippen LogP contribution in [0.15, 0.2) is 48.5 Å². The highest BCUT2D eigenvalue weighted by atomic mass is 16.5. The lowest BCUT2D eigenvalue weighted by molar-refractivity contribution is -0.146. The molecule has 0 aliphatic rings. The largest absolute Gasteiger partial charge is 0.493 e. The second-order valence-electron chi connectivity index (χ2n) is 5.85. The number of hydrogen-bond acceptors (Lipinski definition) is 5. The zero-order valence-electron chi connectivity index (χ0n) is 15.6. The maximum Gasteiger partial charge on any atom is 0.331 e. The summed E-state index contributed by atoms with van der Waals surface area (Å²) < 4.78 is 10.7. The highest BCUT2D eigenvalue weighted by molar-refractivity contribution is 6.03. The predicted molar refractivity (Wildman–Crippen MR) is 103 cm³/mol. The number of carbonyl (C=O) groups is 2. The molecule has 2 rings (SSSR count). The lowest BCUT2D eigenvalue weighted by Gasteiger charge is -2.18. The summed E-state index contributed by atoms with van der Waals surface area (Å²) in [4.78, 5) is 24.9. The zero-order valence-corrected chi connectivity index (χ0v) is 15.6. The van der Waals surface area contributed by atoms with Gasteiger partial charge >= 0.3 is 5.97 Å². The molecule has 0 fully saturated rings. The molecule has 0 saturated carbocycles. The molecule has 27 heavy (non-hydrogen) atoms. The van der Waals surface area contributed by atoms with E-state index in [4.69, 9.17) is 9.47 Å². The molecule has 0 bridgehead atoms. The highest BCUT2D eigenvalue weighted by Gasteiger charge is 2.24. The summed E-state index contributed by atoms with van der Waals surface area (Å²) in [7, 11) is 0. The van der Waals surface area contributed by atoms with Crippen LogP contribution >= 0.6 is 0 Å². The first kappa shape index (κ1) is 20.5. The Hall–Kier alpha value is -2.86. The normalized spacial score (nSPS) is 11.5. The minimum atomic E-state index is -1.12. The van der Waals surface area contributed by atoms with E-state index in [9.17, 15) is 14.7 Å². The number of rotatable bonds is 9. The summed E-state index contributed by atoms with van der Waals surface area (Å²) >= 11 is 0. The van der Waals surface area contributed by atoms with E-state index in [0.717, 1.165) is 5.56 Å². The smallest absolute Gasteiger partial charge is 0.331 e. The van der Waals surface area contributed by atoms with Gasteiger partial charge in [0, 0.05) is 5.56 Å². The molecule has 1 amide bonds. The molecule has 0 heterocycles. The molecule has 0 aliphatic carbocycles. The van der Waals surface area contributed by atoms with Crippen molar-refractivity contribution in [3.63, 3.8) is 0 Å². The van der Waals surface area contributed by atoms with E-state index in [0.29, 0.717) is 29.9 Å². The van der Waals surface area contributed by atoms with Crippen molar-refractivity contribution in [2.45, 2.75) is 26.3 Å². The summed E-state index contributed by atoms with van der Waals surface area (Å²) in [6.07, 6.45) is 0.659. The Morgan fingerprint density at radius 1 is 1.07 bits per heavy atom. The molecular weight excluding hydrogens is 346 g/mol. The van der Waals surface area contributed by atoms with Crippen molar-refractivity contribution in [3.8, 4) is 16.9 Å². The van der Waals surface area contributed by atoms with Gasteiger partial charge in [0.1, 0.15) is 5.75 Å². The average molecular weight is 371 g/mol. The summed E-state index contributed by atoms with van der Waals surface area (Å²) in [5, 5.41) is 12.0. The second kappa shape index (κ2) is 10.3. The third kappa shape index (κ3) is 5.31. The van der Waals surface area contributed by atoms with Crippen molar-refractivity contribution in [2.75, 3.05) is 19.8 Å². The van der Waals surface area contributed by atoms with E-state index in [-0.39, 0.29) is 6.61 Å². The van der Waals surface area contributed by atoms with Crippen LogP contribution in [-0.2, 0) is 9.53 Å². The third-order valence-corrected chi connectivity index (χ3v) is 3.85. The van der Waals surface area contributed by atoms with Gasteiger partial charge in [-0.3, -0.25) is 4.79 Å². The maximum absolute atomic E-state index is 12.9. The van der Waals surface area contributed by atoms with Gasteiger partial charge in [0.2, 0.25) is 0 Å². The summed E-state index contributed by atoms with van der Waals surface area (Å²) in [6, 6.07) is 13.4. The Balaban J connectivity index is 2.35. The lowest BCUT2D eigenvalue weighted by Crippen LogP contribution is -2.44. The van der Waals surface area contributed by atoms with Crippen LogP contribution < -0.4 is 10.1 Å². The molecule has 144 valence electrons. The standard InChI is InChI=1S/C21H25NO5/c1-3-13-27-21(25)17(14-23)22-20(24)16-11-8-12-18(26-4-2)19(16)15-9-6-5-7-10-15/h5-12,17,23H,3-4,13-14H2,1-2H3,(H,22,24)/t17-/m0/s1. The SMILES string of the molecule is CCCOC(=O)[C@H](CO)NC(=O)c1cccc(OCC)c1-c1ccccc1. The number of aliphatic hydroxyl groups is 1. The van der Waals surface area contributed by atoms with Crippen LogP contribution in [0, 0.1) is 0 Å². The van der Waals surface area contributed by atoms with Crippen LogP contribution in [0.2, 0.25) is 0 Å². The predicted octanol–water partition coefficient (Wildman–Crippen LogP) is 2.80. The van der Waals surface area contributed by atoms with Gasteiger partial charge in [-0.1, -0.05) is 43.3 Å². The molecule has 6 nitrogen and oxygen atoms in total. The quantitative estimate of drug-likeness (QED) is 0.662. The van der Waals surface area contributed by atoms with Crippen molar-refractivity contribution >= 4 is 11.9 Å². The maximum atomic E-state index is 12.9. The highest BCUT2D eigenvalue weighted by Crippen LogP contribution is 2.33. The fraction of sp³-hybridized carbons (Fsp3) is 0.333. The average Bonchev–Trinajstić information content (AvgIpc) is 2.70. The van der Waals surface area contributed by atoms with Crippen LogP contribution in [0.3, 0.4) is 0 Å². The van der Waals surface area contributed by atoms with Crippen LogP contribution in [0.25, 0.3) is 11.1 Å². The Morgan fingerprint density at radius 2 is 1.81 bits per heavy atom. The molecular formula is C21H25NO5. The van der Waals surface area contributed by atoms with Gasteiger partial charge in [0.05, 0.1) is 25.4 Å². The van der Waals surface area contributed by atoms with Gasteiger partial charge in [-0.25, -0.2) is 4.79 Å². The Labute approximate surface area is 159 Å². The third-order valence-electron chi connectivity index (χ3n) is 3.85. The lowest BCUT2D eigenvalue weighted by atomic mass is 9.97. The molecule has 0 unspecified atom stereocenters. The monoisotopic (exact) mass is 371 g/mol. The van der Waals surface area contributed by atoms with Gasteiger partial charge in [0.15, 0.2) is 6.04 Å². The van der Waals surface area contributed by atoms with Crippen molar-refractivity contribution in [3.05, 3.63) is 54.1 Å². The minimum absolute atomic E-state index is 0.236. The van der Waals surface area contributed by atoms with Crippen LogP contribution in [0.5, 0.6) is 5.75 Å². The Kier molecular flexibility index (Phi) is 7.82. The fourth-order valence-electron chi connectivity index (χ4n) is 2.62. The van der Waals surface area contributed by atoms with Crippen molar-refractivity contribution < 1.29 is 24.2 Å². The number of carbonyl (C=O) groups excluding carboxylic acids is 2. The molecule has 2 N–H and O–H groups in total. The van der Waals surface area contributed by atoms with Crippen molar-refractivity contribution in [1.29, 1.82) is 0 Å². The fourth-order valence-corrected chi connectivity index (χ4v) is 2.62. The minimum Gasteiger partial charge on any atom is -0.493 e. The van der Waals surface area contributed by atoms with Gasteiger partial charge in [-0.15, -0.1) is 0 Å². The van der Waals surface area contributed by atoms with E-state index in [1.165, 1.54) is 0 Å². The molecule has 2 aromatic rings. The summed E-state index contributed by atoms with van der Waals surface area (Å²) in [6.45, 7) is 3.88. The van der Waals surface area contributed by atoms with Crippen LogP contribution in [0.1, 0.15) is 30.6 Å². The molecule has 0 radical (unpaired) electrons. The molecule has 1 atom stereocenters. The van der Waals surface area contributed by atoms with Gasteiger partial charge < -0.3 is 19.9 Å². The van der Waals surface area contributed by atoms with Crippen molar-refractivity contribution in [2.24, 2.45) is 0 Å². The van der Waals surface area contributed by atoms with Gasteiger partial charge in [0.25, 0.3) is 5.91 Å². The first-order valence-corrected chi connectivity index (χ1v) is 9.01. The van der Waals surface area contributed by atoms with Crippen LogP contribution in [-0.4, -0.2) is 42.8 Å². The number of aliphatic hydroxyl groups excluding tert-OH is 1. The second-order valence-corrected chi connectivity index (χ2v) is 5.85. The number of esters is 1. The number of amides is 1. The first-order chi connectivity index (χ1) is 13.1. The van der Waals surface area contributed by atoms with E-state index < -0.39 is 24.5 Å². The molecule has 0 aromatic heterocycles. The Morgan fingerprint density at radius 3 is 2.44 bits per heavy atom. The van der Waals surface area contributed by atoms with E-state index in [1.807, 2.05) is 44.2 Å². The number of ether oxygens (including phenoxy) is 2. The van der Waals surface area contributed by atoms with Gasteiger partial charge in [-0.05, 0) is 31.0 Å². The van der Waals surface area contributed by atoms with Crippen LogP contribution in [0.4, 0.5) is 0 Å². The van der Waals surface area contributed by atoms with E-state index >= 15 is 0 Å². The number of benzene rings is 2. The summed E-state index contributed by atoms with van der Waals surface area (Å²) in [5.74, 6) is -0.566. The number of hydrogen-bond donors (Lipinski definition) is 2. The molecule has 0 spiro atoms.